The van der Waals surface area contributed by atoms with Gasteiger partial charge in [0.2, 0.25) is 0 Å². The number of ether oxygens (including phenoxy) is 1. The molecular formula is C20H35N3O2S. The highest BCUT2D eigenvalue weighted by Crippen LogP contribution is 2.22. The summed E-state index contributed by atoms with van der Waals surface area (Å²) in [5.74, 6) is 2.21. The first-order valence-corrected chi connectivity index (χ1v) is 10.6. The van der Waals surface area contributed by atoms with Crippen LogP contribution in [0.5, 0.6) is 5.75 Å². The fraction of sp³-hybridized carbons (Fsp3) is 0.650. The van der Waals surface area contributed by atoms with Gasteiger partial charge < -0.3 is 15.4 Å². The number of hydrogen-bond acceptors (Lipinski definition) is 3. The molecule has 148 valence electrons. The monoisotopic (exact) mass is 381 g/mol. The van der Waals surface area contributed by atoms with Crippen molar-refractivity contribution in [2.24, 2.45) is 4.99 Å². The van der Waals surface area contributed by atoms with Gasteiger partial charge in [-0.1, -0.05) is 19.1 Å². The van der Waals surface area contributed by atoms with Gasteiger partial charge in [-0.15, -0.1) is 0 Å². The fourth-order valence-corrected chi connectivity index (χ4v) is 3.09. The Labute approximate surface area is 161 Å². The SMILES string of the molecule is CCC(C)Oc1cc(C)ccc1CNC(=NC)NCCS(=O)C(C)(C)C. The van der Waals surface area contributed by atoms with Crippen LogP contribution in [0.25, 0.3) is 0 Å². The highest BCUT2D eigenvalue weighted by atomic mass is 32.2. The minimum atomic E-state index is -0.875. The van der Waals surface area contributed by atoms with Crippen molar-refractivity contribution in [1.29, 1.82) is 0 Å². The molecule has 0 aliphatic rings. The molecule has 5 nitrogen and oxygen atoms in total. The number of aryl methyl sites for hydroxylation is 1. The Morgan fingerprint density at radius 2 is 2.00 bits per heavy atom. The van der Waals surface area contributed by atoms with E-state index in [4.69, 9.17) is 4.74 Å². The Bertz CT molecular complexity index is 624. The number of hydrogen-bond donors (Lipinski definition) is 2. The molecule has 0 aliphatic heterocycles. The zero-order chi connectivity index (χ0) is 19.7. The Hall–Kier alpha value is -1.56. The molecule has 0 fully saturated rings. The number of benzene rings is 1. The second-order valence-corrected chi connectivity index (χ2v) is 9.79. The Balaban J connectivity index is 2.62. The van der Waals surface area contributed by atoms with E-state index in [0.717, 1.165) is 17.7 Å². The van der Waals surface area contributed by atoms with Crippen LogP contribution in [-0.2, 0) is 17.3 Å². The maximum atomic E-state index is 12.1. The summed E-state index contributed by atoms with van der Waals surface area (Å²) < 4.78 is 18.0. The van der Waals surface area contributed by atoms with Crippen LogP contribution >= 0.6 is 0 Å². The maximum absolute atomic E-state index is 12.1. The molecule has 6 heteroatoms. The van der Waals surface area contributed by atoms with Crippen molar-refractivity contribution in [2.75, 3.05) is 19.3 Å². The Morgan fingerprint density at radius 1 is 1.31 bits per heavy atom. The highest BCUT2D eigenvalue weighted by Gasteiger charge is 2.18. The smallest absolute Gasteiger partial charge is 0.191 e. The third-order valence-corrected chi connectivity index (χ3v) is 6.00. The van der Waals surface area contributed by atoms with Crippen LogP contribution in [0.3, 0.4) is 0 Å². The third-order valence-electron chi connectivity index (χ3n) is 4.06. The average molecular weight is 382 g/mol. The molecule has 1 aromatic rings. The van der Waals surface area contributed by atoms with Crippen LogP contribution in [0, 0.1) is 6.92 Å². The van der Waals surface area contributed by atoms with E-state index in [9.17, 15) is 4.21 Å². The molecule has 0 heterocycles. The second-order valence-electron chi connectivity index (χ2n) is 7.46. The first kappa shape index (κ1) is 22.5. The summed E-state index contributed by atoms with van der Waals surface area (Å²) in [6.45, 7) is 13.5. The largest absolute Gasteiger partial charge is 0.490 e. The third kappa shape index (κ3) is 7.77. The first-order chi connectivity index (χ1) is 12.2. The zero-order valence-electron chi connectivity index (χ0n) is 17.3. The van der Waals surface area contributed by atoms with E-state index in [-0.39, 0.29) is 10.9 Å². The molecule has 2 unspecified atom stereocenters. The van der Waals surface area contributed by atoms with Crippen LogP contribution in [-0.4, -0.2) is 40.4 Å². The topological polar surface area (TPSA) is 62.7 Å². The van der Waals surface area contributed by atoms with Gasteiger partial charge in [-0.3, -0.25) is 9.20 Å². The van der Waals surface area contributed by atoms with Gasteiger partial charge in [0.15, 0.2) is 5.96 Å². The predicted molar refractivity (Wildman–Crippen MR) is 113 cm³/mol. The molecule has 0 spiro atoms. The Morgan fingerprint density at radius 3 is 2.58 bits per heavy atom. The molecular weight excluding hydrogens is 346 g/mol. The van der Waals surface area contributed by atoms with E-state index in [2.05, 4.69) is 54.6 Å². The summed E-state index contributed by atoms with van der Waals surface area (Å²) in [5, 5.41) is 6.54. The van der Waals surface area contributed by atoms with Crippen LogP contribution < -0.4 is 15.4 Å². The molecule has 0 aromatic heterocycles. The summed E-state index contributed by atoms with van der Waals surface area (Å²) in [5.41, 5.74) is 2.27. The molecule has 0 radical (unpaired) electrons. The van der Waals surface area contributed by atoms with Crippen molar-refractivity contribution in [3.63, 3.8) is 0 Å². The molecule has 0 bridgehead atoms. The quantitative estimate of drug-likeness (QED) is 0.535. The van der Waals surface area contributed by atoms with E-state index in [1.807, 2.05) is 20.8 Å². The molecule has 1 aromatic carbocycles. The van der Waals surface area contributed by atoms with Crippen molar-refractivity contribution in [3.8, 4) is 5.75 Å². The summed E-state index contributed by atoms with van der Waals surface area (Å²) >= 11 is 0. The molecule has 0 amide bonds. The number of aliphatic imine (C=N–C) groups is 1. The van der Waals surface area contributed by atoms with E-state index in [1.54, 1.807) is 7.05 Å². The van der Waals surface area contributed by atoms with Crippen LogP contribution in [0.15, 0.2) is 23.2 Å². The Kier molecular flexibility index (Phi) is 9.13. The van der Waals surface area contributed by atoms with Gasteiger partial charge in [0.1, 0.15) is 5.75 Å². The molecule has 26 heavy (non-hydrogen) atoms. The molecule has 0 saturated heterocycles. The first-order valence-electron chi connectivity index (χ1n) is 9.26. The number of nitrogens with one attached hydrogen (secondary N) is 2. The van der Waals surface area contributed by atoms with Gasteiger partial charge in [0.25, 0.3) is 0 Å². The van der Waals surface area contributed by atoms with Gasteiger partial charge in [0, 0.05) is 47.0 Å². The van der Waals surface area contributed by atoms with E-state index in [1.165, 1.54) is 5.56 Å². The van der Waals surface area contributed by atoms with Gasteiger partial charge in [0.05, 0.1) is 6.10 Å². The lowest BCUT2D eigenvalue weighted by Gasteiger charge is -2.19. The minimum Gasteiger partial charge on any atom is -0.490 e. The zero-order valence-corrected chi connectivity index (χ0v) is 18.1. The van der Waals surface area contributed by atoms with Crippen molar-refractivity contribution in [2.45, 2.75) is 65.4 Å². The number of guanidine groups is 1. The van der Waals surface area contributed by atoms with E-state index >= 15 is 0 Å². The van der Waals surface area contributed by atoms with Crippen molar-refractivity contribution < 1.29 is 8.95 Å². The molecule has 0 aliphatic carbocycles. The van der Waals surface area contributed by atoms with Gasteiger partial charge in [-0.05, 0) is 52.7 Å². The summed E-state index contributed by atoms with van der Waals surface area (Å²) in [6, 6.07) is 6.25. The lowest BCUT2D eigenvalue weighted by Crippen LogP contribution is -2.40. The van der Waals surface area contributed by atoms with Gasteiger partial charge in [-0.25, -0.2) is 0 Å². The summed E-state index contributed by atoms with van der Waals surface area (Å²) in [4.78, 5) is 4.24. The normalized spacial score (nSPS) is 14.7. The average Bonchev–Trinajstić information content (AvgIpc) is 2.58. The van der Waals surface area contributed by atoms with Gasteiger partial charge in [-0.2, -0.15) is 0 Å². The van der Waals surface area contributed by atoms with Crippen LogP contribution in [0.1, 0.15) is 52.2 Å². The highest BCUT2D eigenvalue weighted by molar-refractivity contribution is 7.86. The summed E-state index contributed by atoms with van der Waals surface area (Å²) in [7, 11) is 0.863. The van der Waals surface area contributed by atoms with Crippen molar-refractivity contribution in [1.82, 2.24) is 10.6 Å². The minimum absolute atomic E-state index is 0.181. The fourth-order valence-electron chi connectivity index (χ4n) is 2.19. The molecule has 0 saturated carbocycles. The number of nitrogens with zero attached hydrogens (tertiary/aromatic N) is 1. The molecule has 1 rings (SSSR count). The molecule has 2 N–H and O–H groups in total. The molecule has 2 atom stereocenters. The lowest BCUT2D eigenvalue weighted by atomic mass is 10.1. The van der Waals surface area contributed by atoms with Gasteiger partial charge >= 0.3 is 0 Å². The standard InChI is InChI=1S/C20H35N3O2S/c1-8-16(3)25-18-13-15(2)9-10-17(18)14-23-19(21-7)22-11-12-26(24)20(4,5)6/h9-10,13,16H,8,11-12,14H2,1-7H3,(H2,21,22,23). The van der Waals surface area contributed by atoms with E-state index < -0.39 is 10.8 Å². The van der Waals surface area contributed by atoms with Crippen molar-refractivity contribution in [3.05, 3.63) is 29.3 Å². The van der Waals surface area contributed by atoms with Crippen LogP contribution in [0.4, 0.5) is 0 Å². The lowest BCUT2D eigenvalue weighted by molar-refractivity contribution is 0.215. The maximum Gasteiger partial charge on any atom is 0.191 e. The van der Waals surface area contributed by atoms with E-state index in [0.29, 0.717) is 24.8 Å². The number of rotatable bonds is 8. The summed E-state index contributed by atoms with van der Waals surface area (Å²) in [6.07, 6.45) is 1.15. The van der Waals surface area contributed by atoms with Crippen LogP contribution in [0.2, 0.25) is 0 Å². The second kappa shape index (κ2) is 10.6. The van der Waals surface area contributed by atoms with Crippen molar-refractivity contribution >= 4 is 16.8 Å². The predicted octanol–water partition coefficient (Wildman–Crippen LogP) is 3.38.